The number of fused-ring (bicyclic) bond motifs is 1. The second-order valence-electron chi connectivity index (χ2n) is 5.16. The maximum atomic E-state index is 10.7. The van der Waals surface area contributed by atoms with Crippen molar-refractivity contribution in [2.75, 3.05) is 6.61 Å². The average molecular weight is 346 g/mol. The zero-order valence-corrected chi connectivity index (χ0v) is 12.5. The third kappa shape index (κ3) is 3.24. The van der Waals surface area contributed by atoms with Gasteiger partial charge < -0.3 is 34.4 Å². The summed E-state index contributed by atoms with van der Waals surface area (Å²) in [7, 11) is -4.71. The van der Waals surface area contributed by atoms with Crippen LogP contribution in [-0.4, -0.2) is 59.6 Å². The molecular weight excluding hydrogens is 331 g/mol. The number of aliphatic hydroxyl groups is 2. The Morgan fingerprint density at radius 2 is 2.04 bits per heavy atom. The molecule has 0 saturated carbocycles. The minimum absolute atomic E-state index is 0.0311. The first kappa shape index (κ1) is 16.3. The van der Waals surface area contributed by atoms with Gasteiger partial charge in [-0.05, 0) is 12.1 Å². The lowest BCUT2D eigenvalue weighted by atomic mass is 10.1. The van der Waals surface area contributed by atoms with Crippen LogP contribution in [0.5, 0.6) is 5.75 Å². The first-order valence-electron chi connectivity index (χ1n) is 6.63. The summed E-state index contributed by atoms with van der Waals surface area (Å²) in [6.45, 7) is -0.577. The molecule has 3 rings (SSSR count). The van der Waals surface area contributed by atoms with Gasteiger partial charge in [0.25, 0.3) is 0 Å². The molecule has 4 atom stereocenters. The number of phenols is 1. The number of aromatic hydroxyl groups is 1. The second-order valence-corrected chi connectivity index (χ2v) is 6.40. The Bertz CT molecular complexity index is 759. The number of aromatic nitrogens is 2. The number of benzene rings is 1. The molecule has 2 heterocycles. The molecule has 10 nitrogen and oxygen atoms in total. The first-order valence-corrected chi connectivity index (χ1v) is 8.16. The fraction of sp³-hybridized carbons (Fsp3) is 0.417. The summed E-state index contributed by atoms with van der Waals surface area (Å²) in [5.74, 6) is 0.0311. The summed E-state index contributed by atoms with van der Waals surface area (Å²) in [4.78, 5) is 21.5. The molecule has 5 N–H and O–H groups in total. The van der Waals surface area contributed by atoms with Crippen LogP contribution in [0.2, 0.25) is 0 Å². The van der Waals surface area contributed by atoms with Gasteiger partial charge in [0.05, 0.1) is 24.0 Å². The minimum Gasteiger partial charge on any atom is -0.508 e. The Morgan fingerprint density at radius 3 is 2.74 bits per heavy atom. The van der Waals surface area contributed by atoms with Crippen LogP contribution in [0.4, 0.5) is 0 Å². The molecule has 4 unspecified atom stereocenters. The highest BCUT2D eigenvalue weighted by atomic mass is 31.2. The molecule has 0 spiro atoms. The van der Waals surface area contributed by atoms with E-state index in [2.05, 4.69) is 9.51 Å². The molecule has 23 heavy (non-hydrogen) atoms. The number of ether oxygens (including phenoxy) is 1. The van der Waals surface area contributed by atoms with Crippen molar-refractivity contribution in [3.8, 4) is 5.75 Å². The SMILES string of the molecule is O=P(O)(O)OCC1OC(n2cnc3cc(O)ccc32)C(O)C1O. The Hall–Kier alpha value is -1.52. The van der Waals surface area contributed by atoms with Crippen molar-refractivity contribution in [1.82, 2.24) is 9.55 Å². The number of phosphoric ester groups is 1. The van der Waals surface area contributed by atoms with Crippen molar-refractivity contribution < 1.29 is 38.9 Å². The van der Waals surface area contributed by atoms with Gasteiger partial charge in [-0.15, -0.1) is 0 Å². The molecule has 1 aromatic carbocycles. The number of phosphoric acid groups is 1. The lowest BCUT2D eigenvalue weighted by Crippen LogP contribution is -2.33. The number of phenolic OH excluding ortho intramolecular Hbond substituents is 1. The summed E-state index contributed by atoms with van der Waals surface area (Å²) in [5, 5.41) is 29.5. The number of rotatable bonds is 4. The topological polar surface area (TPSA) is 154 Å². The molecule has 0 bridgehead atoms. The first-order chi connectivity index (χ1) is 10.8. The van der Waals surface area contributed by atoms with Gasteiger partial charge in [0.1, 0.15) is 24.1 Å². The van der Waals surface area contributed by atoms with Gasteiger partial charge >= 0.3 is 7.82 Å². The van der Waals surface area contributed by atoms with Crippen LogP contribution in [0, 0.1) is 0 Å². The zero-order valence-electron chi connectivity index (χ0n) is 11.6. The largest absolute Gasteiger partial charge is 0.508 e. The number of hydrogen-bond acceptors (Lipinski definition) is 7. The smallest absolute Gasteiger partial charge is 0.469 e. The Labute approximate surface area is 129 Å². The predicted octanol–water partition coefficient (Wildman–Crippen LogP) is -0.530. The summed E-state index contributed by atoms with van der Waals surface area (Å²) < 4.78 is 22.0. The highest BCUT2D eigenvalue weighted by Crippen LogP contribution is 2.39. The van der Waals surface area contributed by atoms with E-state index in [-0.39, 0.29) is 5.75 Å². The van der Waals surface area contributed by atoms with E-state index in [0.717, 1.165) is 0 Å². The van der Waals surface area contributed by atoms with Crippen molar-refractivity contribution >= 4 is 18.9 Å². The van der Waals surface area contributed by atoms with E-state index in [0.29, 0.717) is 11.0 Å². The molecule has 2 aromatic rings. The van der Waals surface area contributed by atoms with E-state index in [4.69, 9.17) is 14.5 Å². The molecule has 0 aliphatic carbocycles. The monoisotopic (exact) mass is 346 g/mol. The molecule has 1 aromatic heterocycles. The highest BCUT2D eigenvalue weighted by molar-refractivity contribution is 7.46. The highest BCUT2D eigenvalue weighted by Gasteiger charge is 2.44. The molecular formula is C12H15N2O8P. The maximum Gasteiger partial charge on any atom is 0.469 e. The molecule has 1 saturated heterocycles. The summed E-state index contributed by atoms with van der Waals surface area (Å²) in [5.41, 5.74) is 1.01. The molecule has 0 radical (unpaired) electrons. The van der Waals surface area contributed by atoms with Crippen LogP contribution >= 0.6 is 7.82 Å². The van der Waals surface area contributed by atoms with Crippen LogP contribution in [-0.2, 0) is 13.8 Å². The minimum atomic E-state index is -4.71. The van der Waals surface area contributed by atoms with Gasteiger partial charge in [-0.2, -0.15) is 0 Å². The molecule has 1 aliphatic heterocycles. The van der Waals surface area contributed by atoms with Crippen molar-refractivity contribution in [2.24, 2.45) is 0 Å². The van der Waals surface area contributed by atoms with E-state index >= 15 is 0 Å². The third-order valence-electron chi connectivity index (χ3n) is 3.58. The lowest BCUT2D eigenvalue weighted by molar-refractivity contribution is -0.0501. The number of hydrogen-bond donors (Lipinski definition) is 5. The van der Waals surface area contributed by atoms with E-state index in [1.165, 1.54) is 23.0 Å². The van der Waals surface area contributed by atoms with Gasteiger partial charge in [-0.25, -0.2) is 9.55 Å². The molecule has 0 amide bonds. The van der Waals surface area contributed by atoms with E-state index < -0.39 is 39.0 Å². The van der Waals surface area contributed by atoms with E-state index in [9.17, 15) is 19.9 Å². The Morgan fingerprint density at radius 1 is 1.30 bits per heavy atom. The summed E-state index contributed by atoms with van der Waals surface area (Å²) in [6, 6.07) is 4.43. The van der Waals surface area contributed by atoms with Crippen LogP contribution in [0.15, 0.2) is 24.5 Å². The normalized spacial score (nSPS) is 28.5. The molecule has 11 heteroatoms. The number of nitrogens with zero attached hydrogens (tertiary/aromatic N) is 2. The average Bonchev–Trinajstić information content (AvgIpc) is 2.99. The van der Waals surface area contributed by atoms with E-state index in [1.807, 2.05) is 0 Å². The number of aliphatic hydroxyl groups excluding tert-OH is 2. The van der Waals surface area contributed by atoms with Crippen molar-refractivity contribution in [3.63, 3.8) is 0 Å². The van der Waals surface area contributed by atoms with Crippen LogP contribution < -0.4 is 0 Å². The van der Waals surface area contributed by atoms with Crippen LogP contribution in [0.3, 0.4) is 0 Å². The standard InChI is InChI=1S/C12H15N2O8P/c15-6-1-2-8-7(3-6)13-5-14(8)12-11(17)10(16)9(22-12)4-21-23(18,19)20/h1-3,5,9-12,15-17H,4H2,(H2,18,19,20). The maximum absolute atomic E-state index is 10.7. The molecule has 1 fully saturated rings. The van der Waals surface area contributed by atoms with Crippen molar-refractivity contribution in [3.05, 3.63) is 24.5 Å². The van der Waals surface area contributed by atoms with Crippen molar-refractivity contribution in [1.29, 1.82) is 0 Å². The quantitative estimate of drug-likeness (QED) is 0.459. The summed E-state index contributed by atoms with van der Waals surface area (Å²) >= 11 is 0. The number of imidazole rings is 1. The van der Waals surface area contributed by atoms with Gasteiger partial charge in [-0.3, -0.25) is 4.52 Å². The zero-order chi connectivity index (χ0) is 16.8. The van der Waals surface area contributed by atoms with Crippen molar-refractivity contribution in [2.45, 2.75) is 24.5 Å². The van der Waals surface area contributed by atoms with Gasteiger partial charge in [0.2, 0.25) is 0 Å². The second kappa shape index (κ2) is 5.84. The Balaban J connectivity index is 1.83. The fourth-order valence-electron chi connectivity index (χ4n) is 2.49. The van der Waals surface area contributed by atoms with Gasteiger partial charge in [0.15, 0.2) is 6.23 Å². The lowest BCUT2D eigenvalue weighted by Gasteiger charge is -2.17. The fourth-order valence-corrected chi connectivity index (χ4v) is 2.83. The van der Waals surface area contributed by atoms with Gasteiger partial charge in [0, 0.05) is 6.07 Å². The van der Waals surface area contributed by atoms with Gasteiger partial charge in [-0.1, -0.05) is 0 Å². The van der Waals surface area contributed by atoms with E-state index in [1.54, 1.807) is 6.07 Å². The Kier molecular flexibility index (Phi) is 4.15. The molecule has 126 valence electrons. The third-order valence-corrected chi connectivity index (χ3v) is 4.06. The van der Waals surface area contributed by atoms with Crippen LogP contribution in [0.25, 0.3) is 11.0 Å². The summed E-state index contributed by atoms with van der Waals surface area (Å²) in [6.07, 6.45) is -3.48. The van der Waals surface area contributed by atoms with Crippen LogP contribution in [0.1, 0.15) is 6.23 Å². The molecule has 1 aliphatic rings. The predicted molar refractivity (Wildman–Crippen MR) is 75.3 cm³/mol.